The molecule has 0 bridgehead atoms. The standard InChI is InChI=1S/C17H21ClO/c1-2-3-4-5-6-10-14-12-13-9-7-8-11-15(13)17(19)16(14)18/h7-9,11H,2-6,10,12H2,1H3. The minimum absolute atomic E-state index is 0.00655. The summed E-state index contributed by atoms with van der Waals surface area (Å²) in [5.41, 5.74) is 3.03. The Labute approximate surface area is 120 Å². The van der Waals surface area contributed by atoms with Crippen LogP contribution in [0.15, 0.2) is 34.9 Å². The summed E-state index contributed by atoms with van der Waals surface area (Å²) in [4.78, 5) is 12.2. The average Bonchev–Trinajstić information content (AvgIpc) is 2.44. The molecule has 1 nitrogen and oxygen atoms in total. The molecule has 102 valence electrons. The molecular weight excluding hydrogens is 256 g/mol. The molecule has 1 aliphatic carbocycles. The van der Waals surface area contributed by atoms with Crippen LogP contribution in [-0.4, -0.2) is 5.78 Å². The van der Waals surface area contributed by atoms with Gasteiger partial charge in [0.15, 0.2) is 0 Å². The fourth-order valence-electron chi connectivity index (χ4n) is 2.62. The first-order valence-corrected chi connectivity index (χ1v) is 7.62. The number of rotatable bonds is 6. The Morgan fingerprint density at radius 1 is 1.11 bits per heavy atom. The van der Waals surface area contributed by atoms with Crippen molar-refractivity contribution in [3.63, 3.8) is 0 Å². The SMILES string of the molecule is CCCCCCCC1=C(Cl)C(=O)c2ccccc2C1. The van der Waals surface area contributed by atoms with Gasteiger partial charge < -0.3 is 0 Å². The van der Waals surface area contributed by atoms with Crippen molar-refractivity contribution < 1.29 is 4.79 Å². The number of ketones is 1. The molecule has 0 spiro atoms. The molecule has 1 aliphatic rings. The van der Waals surface area contributed by atoms with E-state index in [9.17, 15) is 4.79 Å². The van der Waals surface area contributed by atoms with Gasteiger partial charge in [0.2, 0.25) is 5.78 Å². The molecule has 2 rings (SSSR count). The maximum atomic E-state index is 12.2. The molecule has 0 aliphatic heterocycles. The van der Waals surface area contributed by atoms with Crippen molar-refractivity contribution in [1.82, 2.24) is 0 Å². The third kappa shape index (κ3) is 3.48. The van der Waals surface area contributed by atoms with Crippen molar-refractivity contribution in [3.05, 3.63) is 46.0 Å². The monoisotopic (exact) mass is 276 g/mol. The van der Waals surface area contributed by atoms with Gasteiger partial charge in [-0.15, -0.1) is 0 Å². The second-order valence-corrected chi connectivity index (χ2v) is 5.62. The van der Waals surface area contributed by atoms with Gasteiger partial charge in [-0.25, -0.2) is 0 Å². The second-order valence-electron chi connectivity index (χ2n) is 5.24. The van der Waals surface area contributed by atoms with Gasteiger partial charge in [0.25, 0.3) is 0 Å². The van der Waals surface area contributed by atoms with Crippen LogP contribution in [0, 0.1) is 0 Å². The lowest BCUT2D eigenvalue weighted by molar-refractivity contribution is 0.103. The predicted octanol–water partition coefficient (Wildman–Crippen LogP) is 5.28. The molecule has 0 radical (unpaired) electrons. The lowest BCUT2D eigenvalue weighted by Gasteiger charge is -2.18. The lowest BCUT2D eigenvalue weighted by Crippen LogP contribution is -2.13. The van der Waals surface area contributed by atoms with E-state index in [-0.39, 0.29) is 5.78 Å². The highest BCUT2D eigenvalue weighted by Crippen LogP contribution is 2.31. The number of fused-ring (bicyclic) bond motifs is 1. The first kappa shape index (κ1) is 14.3. The smallest absolute Gasteiger partial charge is 0.204 e. The number of Topliss-reactive ketones (excluding diaryl/α,β-unsaturated/α-hetero) is 1. The number of carbonyl (C=O) groups is 1. The quantitative estimate of drug-likeness (QED) is 0.646. The summed E-state index contributed by atoms with van der Waals surface area (Å²) in [6.45, 7) is 2.22. The van der Waals surface area contributed by atoms with Gasteiger partial charge in [-0.3, -0.25) is 4.79 Å². The Morgan fingerprint density at radius 3 is 2.63 bits per heavy atom. The Kier molecular flexibility index (Phi) is 5.21. The maximum Gasteiger partial charge on any atom is 0.204 e. The molecular formula is C17H21ClO. The van der Waals surface area contributed by atoms with Crippen LogP contribution in [0.3, 0.4) is 0 Å². The summed E-state index contributed by atoms with van der Waals surface area (Å²) in [6.07, 6.45) is 8.02. The van der Waals surface area contributed by atoms with Crippen molar-refractivity contribution in [1.29, 1.82) is 0 Å². The van der Waals surface area contributed by atoms with E-state index in [1.807, 2.05) is 24.3 Å². The van der Waals surface area contributed by atoms with E-state index in [4.69, 9.17) is 11.6 Å². The van der Waals surface area contributed by atoms with Gasteiger partial charge in [-0.05, 0) is 30.4 Å². The Balaban J connectivity index is 1.98. The van der Waals surface area contributed by atoms with Crippen molar-refractivity contribution in [3.8, 4) is 0 Å². The highest BCUT2D eigenvalue weighted by atomic mass is 35.5. The van der Waals surface area contributed by atoms with Crippen molar-refractivity contribution in [2.45, 2.75) is 51.9 Å². The van der Waals surface area contributed by atoms with Crippen LogP contribution in [0.5, 0.6) is 0 Å². The van der Waals surface area contributed by atoms with Gasteiger partial charge in [0, 0.05) is 5.56 Å². The van der Waals surface area contributed by atoms with Crippen molar-refractivity contribution in [2.24, 2.45) is 0 Å². The minimum Gasteiger partial charge on any atom is -0.288 e. The maximum absolute atomic E-state index is 12.2. The molecule has 2 heteroatoms. The fourth-order valence-corrected chi connectivity index (χ4v) is 2.89. The molecule has 1 aromatic carbocycles. The van der Waals surface area contributed by atoms with E-state index in [0.717, 1.165) is 36.0 Å². The number of hydrogen-bond donors (Lipinski definition) is 0. The second kappa shape index (κ2) is 6.91. The molecule has 0 amide bonds. The fraction of sp³-hybridized carbons (Fsp3) is 0.471. The zero-order valence-corrected chi connectivity index (χ0v) is 12.3. The number of hydrogen-bond acceptors (Lipinski definition) is 1. The number of benzene rings is 1. The summed E-state index contributed by atoms with van der Waals surface area (Å²) in [5, 5.41) is 0.467. The zero-order valence-electron chi connectivity index (χ0n) is 11.5. The van der Waals surface area contributed by atoms with Crippen LogP contribution in [0.4, 0.5) is 0 Å². The van der Waals surface area contributed by atoms with Gasteiger partial charge >= 0.3 is 0 Å². The van der Waals surface area contributed by atoms with Crippen LogP contribution < -0.4 is 0 Å². The number of halogens is 1. The van der Waals surface area contributed by atoms with Crippen LogP contribution in [-0.2, 0) is 6.42 Å². The molecule has 0 saturated heterocycles. The normalized spacial score (nSPS) is 14.7. The van der Waals surface area contributed by atoms with Crippen LogP contribution in [0.2, 0.25) is 0 Å². The number of carbonyl (C=O) groups excluding carboxylic acids is 1. The topological polar surface area (TPSA) is 17.1 Å². The first-order chi connectivity index (χ1) is 9.24. The Bertz CT molecular complexity index is 488. The molecule has 0 unspecified atom stereocenters. The van der Waals surface area contributed by atoms with Crippen molar-refractivity contribution in [2.75, 3.05) is 0 Å². The number of allylic oxidation sites excluding steroid dienone is 2. The molecule has 0 heterocycles. The average molecular weight is 277 g/mol. The van der Waals surface area contributed by atoms with E-state index in [1.165, 1.54) is 25.7 Å². The minimum atomic E-state index is 0.00655. The molecule has 0 N–H and O–H groups in total. The zero-order chi connectivity index (χ0) is 13.7. The summed E-state index contributed by atoms with van der Waals surface area (Å²) >= 11 is 6.23. The molecule has 0 aromatic heterocycles. The van der Waals surface area contributed by atoms with E-state index < -0.39 is 0 Å². The molecule has 0 saturated carbocycles. The van der Waals surface area contributed by atoms with Crippen LogP contribution in [0.25, 0.3) is 0 Å². The Morgan fingerprint density at radius 2 is 1.84 bits per heavy atom. The van der Waals surface area contributed by atoms with Gasteiger partial charge in [0.05, 0.1) is 5.03 Å². The van der Waals surface area contributed by atoms with E-state index >= 15 is 0 Å². The number of unbranched alkanes of at least 4 members (excludes halogenated alkanes) is 4. The van der Waals surface area contributed by atoms with Crippen LogP contribution in [0.1, 0.15) is 61.4 Å². The Hall–Kier alpha value is -1.08. The van der Waals surface area contributed by atoms with Gasteiger partial charge in [-0.1, -0.05) is 68.5 Å². The van der Waals surface area contributed by atoms with Gasteiger partial charge in [-0.2, -0.15) is 0 Å². The summed E-state index contributed by atoms with van der Waals surface area (Å²) < 4.78 is 0. The molecule has 0 fully saturated rings. The highest BCUT2D eigenvalue weighted by Gasteiger charge is 2.23. The van der Waals surface area contributed by atoms with E-state index in [1.54, 1.807) is 0 Å². The van der Waals surface area contributed by atoms with Crippen molar-refractivity contribution >= 4 is 17.4 Å². The van der Waals surface area contributed by atoms with Gasteiger partial charge in [0.1, 0.15) is 0 Å². The van der Waals surface area contributed by atoms with E-state index in [2.05, 4.69) is 6.92 Å². The third-order valence-corrected chi connectivity index (χ3v) is 4.20. The van der Waals surface area contributed by atoms with E-state index in [0.29, 0.717) is 5.03 Å². The molecule has 19 heavy (non-hydrogen) atoms. The highest BCUT2D eigenvalue weighted by molar-refractivity contribution is 6.46. The lowest BCUT2D eigenvalue weighted by atomic mass is 9.88. The van der Waals surface area contributed by atoms with Crippen LogP contribution >= 0.6 is 11.6 Å². The summed E-state index contributed by atoms with van der Waals surface area (Å²) in [7, 11) is 0. The summed E-state index contributed by atoms with van der Waals surface area (Å²) in [6, 6.07) is 7.80. The largest absolute Gasteiger partial charge is 0.288 e. The third-order valence-electron chi connectivity index (χ3n) is 3.76. The first-order valence-electron chi connectivity index (χ1n) is 7.24. The molecule has 0 atom stereocenters. The summed E-state index contributed by atoms with van der Waals surface area (Å²) in [5.74, 6) is 0.00655. The molecule has 1 aromatic rings. The predicted molar refractivity (Wildman–Crippen MR) is 80.7 cm³/mol.